The predicted octanol–water partition coefficient (Wildman–Crippen LogP) is 3.86. The molecule has 1 atom stereocenters. The molecule has 0 aliphatic heterocycles. The van der Waals surface area contributed by atoms with Crippen LogP contribution < -0.4 is 5.32 Å². The first-order valence-corrected chi connectivity index (χ1v) is 6.73. The van der Waals surface area contributed by atoms with E-state index in [9.17, 15) is 0 Å². The number of nitrogens with one attached hydrogen (secondary N) is 1. The average molecular weight is 255 g/mol. The quantitative estimate of drug-likeness (QED) is 0.772. The molecular formula is C14H13N3S. The fraction of sp³-hybridized carbons (Fsp3) is 0.143. The van der Waals surface area contributed by atoms with Gasteiger partial charge in [0.15, 0.2) is 0 Å². The molecule has 0 spiro atoms. The Morgan fingerprint density at radius 3 is 2.78 bits per heavy atom. The van der Waals surface area contributed by atoms with E-state index < -0.39 is 0 Å². The summed E-state index contributed by atoms with van der Waals surface area (Å²) in [7, 11) is 0. The van der Waals surface area contributed by atoms with Gasteiger partial charge >= 0.3 is 0 Å². The Kier molecular flexibility index (Phi) is 2.94. The Labute approximate surface area is 109 Å². The molecule has 0 aliphatic rings. The summed E-state index contributed by atoms with van der Waals surface area (Å²) >= 11 is 1.52. The van der Waals surface area contributed by atoms with Gasteiger partial charge in [-0.3, -0.25) is 0 Å². The van der Waals surface area contributed by atoms with E-state index in [0.29, 0.717) is 0 Å². The minimum atomic E-state index is 0.212. The van der Waals surface area contributed by atoms with Gasteiger partial charge in [-0.15, -0.1) is 10.2 Å². The van der Waals surface area contributed by atoms with E-state index in [1.54, 1.807) is 5.51 Å². The summed E-state index contributed by atoms with van der Waals surface area (Å²) in [5.74, 6) is 0. The van der Waals surface area contributed by atoms with Crippen molar-refractivity contribution >= 4 is 27.2 Å². The number of anilines is 1. The number of hydrogen-bond donors (Lipinski definition) is 1. The van der Waals surface area contributed by atoms with Gasteiger partial charge in [-0.25, -0.2) is 0 Å². The SMILES string of the molecule is CC(Nc1nncs1)c1cccc2ccccc12. The number of hydrogen-bond acceptors (Lipinski definition) is 4. The number of fused-ring (bicyclic) bond motifs is 1. The van der Waals surface area contributed by atoms with Crippen molar-refractivity contribution in [3.8, 4) is 0 Å². The first-order valence-electron chi connectivity index (χ1n) is 5.85. The van der Waals surface area contributed by atoms with Crippen molar-refractivity contribution in [3.63, 3.8) is 0 Å². The van der Waals surface area contributed by atoms with E-state index in [1.807, 2.05) is 0 Å². The van der Waals surface area contributed by atoms with Crippen molar-refractivity contribution in [1.82, 2.24) is 10.2 Å². The van der Waals surface area contributed by atoms with E-state index >= 15 is 0 Å². The largest absolute Gasteiger partial charge is 0.354 e. The summed E-state index contributed by atoms with van der Waals surface area (Å²) < 4.78 is 0. The number of rotatable bonds is 3. The van der Waals surface area contributed by atoms with Crippen LogP contribution in [0.2, 0.25) is 0 Å². The smallest absolute Gasteiger partial charge is 0.205 e. The highest BCUT2D eigenvalue weighted by Crippen LogP contribution is 2.26. The van der Waals surface area contributed by atoms with Gasteiger partial charge in [-0.2, -0.15) is 0 Å². The summed E-state index contributed by atoms with van der Waals surface area (Å²) in [5.41, 5.74) is 3.02. The van der Waals surface area contributed by atoms with Gasteiger partial charge in [0.05, 0.1) is 6.04 Å². The molecule has 1 heterocycles. The van der Waals surface area contributed by atoms with Crippen LogP contribution in [0.1, 0.15) is 18.5 Å². The van der Waals surface area contributed by atoms with Crippen LogP contribution in [0.3, 0.4) is 0 Å². The number of benzene rings is 2. The molecule has 0 radical (unpaired) electrons. The second-order valence-corrected chi connectivity index (χ2v) is 5.01. The molecule has 4 heteroatoms. The summed E-state index contributed by atoms with van der Waals surface area (Å²) in [5, 5.41) is 14.6. The molecular weight excluding hydrogens is 242 g/mol. The normalized spacial score (nSPS) is 12.5. The lowest BCUT2D eigenvalue weighted by molar-refractivity contribution is 0.882. The molecule has 0 aliphatic carbocycles. The van der Waals surface area contributed by atoms with Crippen LogP contribution >= 0.6 is 11.3 Å². The van der Waals surface area contributed by atoms with Crippen LogP contribution in [0.4, 0.5) is 5.13 Å². The molecule has 18 heavy (non-hydrogen) atoms. The van der Waals surface area contributed by atoms with E-state index in [0.717, 1.165) is 5.13 Å². The zero-order valence-electron chi connectivity index (χ0n) is 10.00. The zero-order chi connectivity index (χ0) is 12.4. The summed E-state index contributed by atoms with van der Waals surface area (Å²) in [6.45, 7) is 2.14. The molecule has 1 unspecified atom stereocenters. The van der Waals surface area contributed by atoms with Crippen molar-refractivity contribution in [2.75, 3.05) is 5.32 Å². The summed E-state index contributed by atoms with van der Waals surface area (Å²) in [4.78, 5) is 0. The van der Waals surface area contributed by atoms with Crippen molar-refractivity contribution < 1.29 is 0 Å². The third-order valence-corrected chi connectivity index (χ3v) is 3.61. The van der Waals surface area contributed by atoms with Gasteiger partial charge in [0.25, 0.3) is 0 Å². The first-order chi connectivity index (χ1) is 8.84. The fourth-order valence-electron chi connectivity index (χ4n) is 2.13. The third kappa shape index (κ3) is 2.07. The van der Waals surface area contributed by atoms with Crippen LogP contribution in [0.5, 0.6) is 0 Å². The topological polar surface area (TPSA) is 37.8 Å². The van der Waals surface area contributed by atoms with E-state index in [4.69, 9.17) is 0 Å². The highest BCUT2D eigenvalue weighted by molar-refractivity contribution is 7.13. The minimum absolute atomic E-state index is 0.212. The Morgan fingerprint density at radius 1 is 1.11 bits per heavy atom. The number of nitrogens with zero attached hydrogens (tertiary/aromatic N) is 2. The molecule has 3 nitrogen and oxygen atoms in total. The molecule has 0 bridgehead atoms. The van der Waals surface area contributed by atoms with E-state index in [-0.39, 0.29) is 6.04 Å². The van der Waals surface area contributed by atoms with Crippen molar-refractivity contribution in [2.45, 2.75) is 13.0 Å². The fourth-order valence-corrected chi connectivity index (χ4v) is 2.66. The maximum Gasteiger partial charge on any atom is 0.205 e. The zero-order valence-corrected chi connectivity index (χ0v) is 10.8. The van der Waals surface area contributed by atoms with Gasteiger partial charge in [-0.1, -0.05) is 53.8 Å². The van der Waals surface area contributed by atoms with Crippen LogP contribution in [-0.2, 0) is 0 Å². The van der Waals surface area contributed by atoms with E-state index in [1.165, 1.54) is 27.7 Å². The molecule has 2 aromatic carbocycles. The Balaban J connectivity index is 1.98. The molecule has 0 saturated carbocycles. The molecule has 3 aromatic rings. The van der Waals surface area contributed by atoms with Gasteiger partial charge < -0.3 is 5.32 Å². The monoisotopic (exact) mass is 255 g/mol. The standard InChI is InChI=1S/C14H13N3S/c1-10(16-14-17-15-9-18-14)12-8-4-6-11-5-2-3-7-13(11)12/h2-10H,1H3,(H,16,17). The molecule has 0 saturated heterocycles. The van der Waals surface area contributed by atoms with E-state index in [2.05, 4.69) is 64.9 Å². The van der Waals surface area contributed by atoms with Gasteiger partial charge in [-0.05, 0) is 23.3 Å². The van der Waals surface area contributed by atoms with Gasteiger partial charge in [0.2, 0.25) is 5.13 Å². The minimum Gasteiger partial charge on any atom is -0.354 e. The maximum atomic E-state index is 4.02. The summed E-state index contributed by atoms with van der Waals surface area (Å²) in [6.07, 6.45) is 0. The predicted molar refractivity (Wildman–Crippen MR) is 75.9 cm³/mol. The molecule has 3 rings (SSSR count). The highest BCUT2D eigenvalue weighted by atomic mass is 32.1. The van der Waals surface area contributed by atoms with Crippen LogP contribution in [0, 0.1) is 0 Å². The molecule has 1 N–H and O–H groups in total. The average Bonchev–Trinajstić information content (AvgIpc) is 2.91. The van der Waals surface area contributed by atoms with Gasteiger partial charge in [0.1, 0.15) is 5.51 Å². The first kappa shape index (κ1) is 11.2. The summed E-state index contributed by atoms with van der Waals surface area (Å²) in [6, 6.07) is 15.0. The lowest BCUT2D eigenvalue weighted by Crippen LogP contribution is -2.06. The second-order valence-electron chi connectivity index (χ2n) is 4.18. The third-order valence-electron chi connectivity index (χ3n) is 2.99. The second kappa shape index (κ2) is 4.74. The Morgan fingerprint density at radius 2 is 1.94 bits per heavy atom. The highest BCUT2D eigenvalue weighted by Gasteiger charge is 2.10. The van der Waals surface area contributed by atoms with Crippen molar-refractivity contribution in [1.29, 1.82) is 0 Å². The van der Waals surface area contributed by atoms with Crippen LogP contribution in [0.15, 0.2) is 48.0 Å². The molecule has 90 valence electrons. The van der Waals surface area contributed by atoms with Gasteiger partial charge in [0, 0.05) is 0 Å². The molecule has 0 amide bonds. The van der Waals surface area contributed by atoms with Crippen molar-refractivity contribution in [3.05, 3.63) is 53.5 Å². The molecule has 1 aromatic heterocycles. The lowest BCUT2D eigenvalue weighted by Gasteiger charge is -2.15. The Bertz CT molecular complexity index is 644. The van der Waals surface area contributed by atoms with Crippen LogP contribution in [0.25, 0.3) is 10.8 Å². The maximum absolute atomic E-state index is 4.02. The Hall–Kier alpha value is -1.94. The molecule has 0 fully saturated rings. The number of aromatic nitrogens is 2. The van der Waals surface area contributed by atoms with Crippen molar-refractivity contribution in [2.24, 2.45) is 0 Å². The van der Waals surface area contributed by atoms with Crippen LogP contribution in [-0.4, -0.2) is 10.2 Å². The lowest BCUT2D eigenvalue weighted by atomic mass is 10.00.